The molecule has 25 heavy (non-hydrogen) atoms. The third-order valence-corrected chi connectivity index (χ3v) is 3.79. The minimum absolute atomic E-state index is 0.0174. The molecule has 128 valence electrons. The highest BCUT2D eigenvalue weighted by atomic mass is 16.5. The molecule has 0 saturated carbocycles. The summed E-state index contributed by atoms with van der Waals surface area (Å²) in [5, 5.41) is 2.72. The van der Waals surface area contributed by atoms with Crippen LogP contribution in [0.15, 0.2) is 53.6 Å². The molecule has 0 aliphatic rings. The molecule has 0 spiro atoms. The molecule has 0 saturated heterocycles. The van der Waals surface area contributed by atoms with Gasteiger partial charge in [-0.05, 0) is 24.3 Å². The van der Waals surface area contributed by atoms with Crippen molar-refractivity contribution in [2.24, 2.45) is 0 Å². The maximum absolute atomic E-state index is 12.4. The van der Waals surface area contributed by atoms with Gasteiger partial charge in [0.25, 0.3) is 11.5 Å². The third-order valence-electron chi connectivity index (χ3n) is 3.79. The molecule has 0 aliphatic heterocycles. The van der Waals surface area contributed by atoms with Gasteiger partial charge in [-0.3, -0.25) is 14.0 Å². The minimum atomic E-state index is -0.492. The molecule has 3 rings (SSSR count). The van der Waals surface area contributed by atoms with E-state index in [9.17, 15) is 9.59 Å². The van der Waals surface area contributed by atoms with E-state index in [2.05, 4.69) is 10.3 Å². The summed E-state index contributed by atoms with van der Waals surface area (Å²) in [6.07, 6.45) is 2.87. The number of carbonyl (C=O) groups excluding carboxylic acids is 1. The van der Waals surface area contributed by atoms with E-state index in [1.54, 1.807) is 56.8 Å². The van der Waals surface area contributed by atoms with E-state index in [1.807, 2.05) is 0 Å². The Morgan fingerprint density at radius 2 is 2.04 bits per heavy atom. The maximum atomic E-state index is 12.4. The van der Waals surface area contributed by atoms with Gasteiger partial charge in [0.1, 0.15) is 22.7 Å². The molecule has 1 aromatic carbocycles. The topological polar surface area (TPSA) is 81.9 Å². The highest BCUT2D eigenvalue weighted by molar-refractivity contribution is 5.93. The van der Waals surface area contributed by atoms with Crippen LogP contribution in [0.1, 0.15) is 15.9 Å². The second-order valence-corrected chi connectivity index (χ2v) is 5.27. The molecule has 7 heteroatoms. The van der Waals surface area contributed by atoms with Gasteiger partial charge >= 0.3 is 0 Å². The lowest BCUT2D eigenvalue weighted by molar-refractivity contribution is 0.0948. The van der Waals surface area contributed by atoms with Crippen molar-refractivity contribution in [3.05, 3.63) is 70.3 Å². The largest absolute Gasteiger partial charge is 0.497 e. The summed E-state index contributed by atoms with van der Waals surface area (Å²) in [4.78, 5) is 28.9. The predicted octanol–water partition coefficient (Wildman–Crippen LogP) is 1.64. The van der Waals surface area contributed by atoms with E-state index in [-0.39, 0.29) is 12.1 Å². The van der Waals surface area contributed by atoms with Crippen LogP contribution in [0.4, 0.5) is 0 Å². The molecule has 3 aromatic rings. The Morgan fingerprint density at radius 3 is 2.80 bits per heavy atom. The zero-order chi connectivity index (χ0) is 17.8. The third kappa shape index (κ3) is 3.30. The van der Waals surface area contributed by atoms with Crippen molar-refractivity contribution in [1.29, 1.82) is 0 Å². The van der Waals surface area contributed by atoms with Crippen LogP contribution in [0.5, 0.6) is 11.5 Å². The number of nitrogens with zero attached hydrogens (tertiary/aromatic N) is 2. The number of methoxy groups -OCH3 is 2. The van der Waals surface area contributed by atoms with Crippen LogP contribution in [0.25, 0.3) is 5.65 Å². The number of fused-ring (bicyclic) bond motifs is 1. The number of benzene rings is 1. The van der Waals surface area contributed by atoms with E-state index in [1.165, 1.54) is 10.6 Å². The Kier molecular flexibility index (Phi) is 4.65. The van der Waals surface area contributed by atoms with E-state index >= 15 is 0 Å². The van der Waals surface area contributed by atoms with Crippen LogP contribution in [-0.4, -0.2) is 29.5 Å². The lowest BCUT2D eigenvalue weighted by Crippen LogP contribution is -2.31. The van der Waals surface area contributed by atoms with Gasteiger partial charge in [0.2, 0.25) is 0 Å². The Labute approximate surface area is 143 Å². The molecular weight excluding hydrogens is 322 g/mol. The van der Waals surface area contributed by atoms with Crippen molar-refractivity contribution < 1.29 is 14.3 Å². The number of pyridine rings is 1. The standard InChI is InChI=1S/C18H17N3O4/c1-24-13-7-6-12(15(9-13)25-2)10-20-17(22)14-11-19-16-5-3-4-8-21(16)18(14)23/h3-9,11H,10H2,1-2H3,(H,20,22). The summed E-state index contributed by atoms with van der Waals surface area (Å²) >= 11 is 0. The van der Waals surface area contributed by atoms with E-state index < -0.39 is 11.5 Å². The minimum Gasteiger partial charge on any atom is -0.497 e. The number of nitrogens with one attached hydrogen (secondary N) is 1. The maximum Gasteiger partial charge on any atom is 0.270 e. The molecule has 2 heterocycles. The van der Waals surface area contributed by atoms with Crippen molar-refractivity contribution in [2.75, 3.05) is 14.2 Å². The molecule has 1 amide bonds. The lowest BCUT2D eigenvalue weighted by Gasteiger charge is -2.11. The first-order valence-corrected chi connectivity index (χ1v) is 7.59. The monoisotopic (exact) mass is 339 g/mol. The molecule has 0 bridgehead atoms. The van der Waals surface area contributed by atoms with Gasteiger partial charge in [-0.25, -0.2) is 4.98 Å². The van der Waals surface area contributed by atoms with E-state index in [4.69, 9.17) is 9.47 Å². The van der Waals surface area contributed by atoms with Crippen LogP contribution in [0.2, 0.25) is 0 Å². The summed E-state index contributed by atoms with van der Waals surface area (Å²) < 4.78 is 11.8. The predicted molar refractivity (Wildman–Crippen MR) is 92.2 cm³/mol. The first kappa shape index (κ1) is 16.5. The summed E-state index contributed by atoms with van der Waals surface area (Å²) in [5.74, 6) is 0.755. The highest BCUT2D eigenvalue weighted by Gasteiger charge is 2.14. The molecule has 0 fully saturated rings. The second-order valence-electron chi connectivity index (χ2n) is 5.27. The van der Waals surface area contributed by atoms with Crippen LogP contribution in [0.3, 0.4) is 0 Å². The fourth-order valence-corrected chi connectivity index (χ4v) is 2.45. The van der Waals surface area contributed by atoms with Crippen molar-refractivity contribution >= 4 is 11.6 Å². The van der Waals surface area contributed by atoms with Gasteiger partial charge in [0, 0.05) is 30.6 Å². The zero-order valence-electron chi connectivity index (χ0n) is 13.9. The molecular formula is C18H17N3O4. The average Bonchev–Trinajstić information content (AvgIpc) is 2.66. The van der Waals surface area contributed by atoms with E-state index in [0.29, 0.717) is 17.1 Å². The van der Waals surface area contributed by atoms with Gasteiger partial charge in [-0.1, -0.05) is 6.07 Å². The fraction of sp³-hybridized carbons (Fsp3) is 0.167. The second kappa shape index (κ2) is 7.04. The number of aromatic nitrogens is 2. The van der Waals surface area contributed by atoms with Crippen molar-refractivity contribution in [1.82, 2.24) is 14.7 Å². The number of hydrogen-bond donors (Lipinski definition) is 1. The molecule has 2 aromatic heterocycles. The SMILES string of the molecule is COc1ccc(CNC(=O)c2cnc3ccccn3c2=O)c(OC)c1. The highest BCUT2D eigenvalue weighted by Crippen LogP contribution is 2.24. The summed E-state index contributed by atoms with van der Waals surface area (Å²) in [7, 11) is 3.11. The molecule has 7 nitrogen and oxygen atoms in total. The molecule has 0 aliphatic carbocycles. The number of ether oxygens (including phenoxy) is 2. The first-order chi connectivity index (χ1) is 12.1. The zero-order valence-corrected chi connectivity index (χ0v) is 13.9. The van der Waals surface area contributed by atoms with Gasteiger partial charge in [-0.2, -0.15) is 0 Å². The van der Waals surface area contributed by atoms with Crippen LogP contribution >= 0.6 is 0 Å². The Morgan fingerprint density at radius 1 is 1.20 bits per heavy atom. The smallest absolute Gasteiger partial charge is 0.270 e. The van der Waals surface area contributed by atoms with Gasteiger partial charge in [0.05, 0.1) is 14.2 Å². The number of amides is 1. The normalized spacial score (nSPS) is 10.5. The Hall–Kier alpha value is -3.35. The molecule has 0 atom stereocenters. The summed E-state index contributed by atoms with van der Waals surface area (Å²) in [6.45, 7) is 0.211. The van der Waals surface area contributed by atoms with Gasteiger partial charge in [0.15, 0.2) is 0 Å². The van der Waals surface area contributed by atoms with Gasteiger partial charge < -0.3 is 14.8 Å². The number of hydrogen-bond acceptors (Lipinski definition) is 5. The molecule has 0 unspecified atom stereocenters. The van der Waals surface area contributed by atoms with Crippen molar-refractivity contribution in [2.45, 2.75) is 6.54 Å². The summed E-state index contributed by atoms with van der Waals surface area (Å²) in [5.41, 5.74) is 0.826. The molecule has 1 N–H and O–H groups in total. The van der Waals surface area contributed by atoms with Crippen LogP contribution in [0, 0.1) is 0 Å². The number of carbonyl (C=O) groups is 1. The quantitative estimate of drug-likeness (QED) is 0.764. The molecule has 0 radical (unpaired) electrons. The number of rotatable bonds is 5. The lowest BCUT2D eigenvalue weighted by atomic mass is 10.2. The first-order valence-electron chi connectivity index (χ1n) is 7.59. The van der Waals surface area contributed by atoms with Crippen molar-refractivity contribution in [3.63, 3.8) is 0 Å². The van der Waals surface area contributed by atoms with Crippen LogP contribution < -0.4 is 20.3 Å². The van der Waals surface area contributed by atoms with Gasteiger partial charge in [-0.15, -0.1) is 0 Å². The van der Waals surface area contributed by atoms with E-state index in [0.717, 1.165) is 5.56 Å². The fourth-order valence-electron chi connectivity index (χ4n) is 2.45. The Balaban J connectivity index is 1.82. The van der Waals surface area contributed by atoms with Crippen LogP contribution in [-0.2, 0) is 6.54 Å². The summed E-state index contributed by atoms with van der Waals surface area (Å²) in [6, 6.07) is 10.5. The Bertz CT molecular complexity index is 981. The van der Waals surface area contributed by atoms with Crippen molar-refractivity contribution in [3.8, 4) is 11.5 Å². The average molecular weight is 339 g/mol.